The van der Waals surface area contributed by atoms with Crippen LogP contribution in [0.15, 0.2) is 75.9 Å². The minimum Gasteiger partial charge on any atom is -0.497 e. The minimum absolute atomic E-state index is 0.0753. The highest BCUT2D eigenvalue weighted by Gasteiger charge is 2.42. The van der Waals surface area contributed by atoms with Crippen LogP contribution in [0.25, 0.3) is 11.0 Å². The van der Waals surface area contributed by atoms with E-state index in [1.54, 1.807) is 30.2 Å². The molecule has 3 aromatic carbocycles. The van der Waals surface area contributed by atoms with Crippen molar-refractivity contribution in [1.29, 1.82) is 0 Å². The molecular formula is C28H24ClNO5. The first-order valence-corrected chi connectivity index (χ1v) is 11.8. The molecule has 0 bridgehead atoms. The number of ether oxygens (including phenoxy) is 2. The number of benzene rings is 3. The largest absolute Gasteiger partial charge is 0.497 e. The number of methoxy groups -OCH3 is 1. The molecule has 1 aromatic heterocycles. The lowest BCUT2D eigenvalue weighted by Gasteiger charge is -2.25. The fourth-order valence-electron chi connectivity index (χ4n) is 4.55. The molecule has 0 spiro atoms. The molecule has 2 heterocycles. The standard InChI is InChI=1S/C28H24ClNO5/c1-3-34-21-6-4-5-18(15-21)25-24-26(31)22-16-19(29)9-12-23(22)35-27(24)28(32)30(25)14-13-17-7-10-20(33-2)11-8-17/h4-12,15-16,25H,3,13-14H2,1-2H3. The van der Waals surface area contributed by atoms with Gasteiger partial charge in [0, 0.05) is 11.6 Å². The third-order valence-corrected chi connectivity index (χ3v) is 6.45. The second kappa shape index (κ2) is 9.47. The van der Waals surface area contributed by atoms with Crippen molar-refractivity contribution in [2.24, 2.45) is 0 Å². The van der Waals surface area contributed by atoms with Crippen molar-refractivity contribution < 1.29 is 18.7 Å². The Morgan fingerprint density at radius 1 is 1.00 bits per heavy atom. The first kappa shape index (κ1) is 23.0. The Balaban J connectivity index is 1.60. The summed E-state index contributed by atoms with van der Waals surface area (Å²) in [5.41, 5.74) is 2.24. The molecule has 4 aromatic rings. The molecule has 6 nitrogen and oxygen atoms in total. The van der Waals surface area contributed by atoms with Gasteiger partial charge in [-0.1, -0.05) is 35.9 Å². The number of amides is 1. The van der Waals surface area contributed by atoms with Crippen molar-refractivity contribution in [2.75, 3.05) is 20.3 Å². The molecule has 0 saturated heterocycles. The minimum atomic E-state index is -0.601. The van der Waals surface area contributed by atoms with Crippen LogP contribution in [0.4, 0.5) is 0 Å². The second-order valence-electron chi connectivity index (χ2n) is 8.32. The van der Waals surface area contributed by atoms with Gasteiger partial charge >= 0.3 is 0 Å². The maximum atomic E-state index is 13.7. The first-order chi connectivity index (χ1) is 17.0. The van der Waals surface area contributed by atoms with Crippen LogP contribution >= 0.6 is 11.6 Å². The lowest BCUT2D eigenvalue weighted by atomic mass is 9.98. The van der Waals surface area contributed by atoms with E-state index in [2.05, 4.69) is 0 Å². The number of hydrogen-bond donors (Lipinski definition) is 0. The molecular weight excluding hydrogens is 466 g/mol. The van der Waals surface area contributed by atoms with Crippen LogP contribution in [0.1, 0.15) is 40.2 Å². The van der Waals surface area contributed by atoms with E-state index in [4.69, 9.17) is 25.5 Å². The number of carbonyl (C=O) groups excluding carboxylic acids is 1. The normalized spacial score (nSPS) is 14.9. The van der Waals surface area contributed by atoms with E-state index in [-0.39, 0.29) is 17.1 Å². The molecule has 178 valence electrons. The van der Waals surface area contributed by atoms with Crippen LogP contribution in [0.5, 0.6) is 11.5 Å². The van der Waals surface area contributed by atoms with Gasteiger partial charge in [-0.15, -0.1) is 0 Å². The zero-order valence-corrected chi connectivity index (χ0v) is 20.2. The van der Waals surface area contributed by atoms with E-state index < -0.39 is 6.04 Å². The predicted octanol–water partition coefficient (Wildman–Crippen LogP) is 5.64. The van der Waals surface area contributed by atoms with Gasteiger partial charge in [-0.25, -0.2) is 0 Å². The van der Waals surface area contributed by atoms with Crippen molar-refractivity contribution in [3.63, 3.8) is 0 Å². The Morgan fingerprint density at radius 2 is 1.80 bits per heavy atom. The Hall–Kier alpha value is -3.77. The van der Waals surface area contributed by atoms with Gasteiger partial charge in [-0.05, 0) is 66.9 Å². The molecule has 1 unspecified atom stereocenters. The van der Waals surface area contributed by atoms with Crippen molar-refractivity contribution in [1.82, 2.24) is 4.90 Å². The summed E-state index contributed by atoms with van der Waals surface area (Å²) in [6, 6.07) is 19.5. The summed E-state index contributed by atoms with van der Waals surface area (Å²) in [7, 11) is 1.62. The summed E-state index contributed by atoms with van der Waals surface area (Å²) >= 11 is 6.16. The lowest BCUT2D eigenvalue weighted by Crippen LogP contribution is -2.31. The van der Waals surface area contributed by atoms with Crippen LogP contribution in [0.2, 0.25) is 5.02 Å². The predicted molar refractivity (Wildman–Crippen MR) is 135 cm³/mol. The van der Waals surface area contributed by atoms with Crippen LogP contribution in [-0.4, -0.2) is 31.1 Å². The van der Waals surface area contributed by atoms with Gasteiger partial charge in [0.15, 0.2) is 5.43 Å². The molecule has 0 fully saturated rings. The van der Waals surface area contributed by atoms with Gasteiger partial charge in [0.05, 0.1) is 30.7 Å². The summed E-state index contributed by atoms with van der Waals surface area (Å²) in [5, 5.41) is 0.785. The fraction of sp³-hybridized carbons (Fsp3) is 0.214. The smallest absolute Gasteiger partial charge is 0.290 e. The third kappa shape index (κ3) is 4.26. The molecule has 5 rings (SSSR count). The molecule has 1 aliphatic rings. The van der Waals surface area contributed by atoms with Crippen molar-refractivity contribution in [3.8, 4) is 11.5 Å². The summed E-state index contributed by atoms with van der Waals surface area (Å²) in [5.74, 6) is 1.21. The molecule has 0 saturated carbocycles. The summed E-state index contributed by atoms with van der Waals surface area (Å²) < 4.78 is 16.9. The fourth-order valence-corrected chi connectivity index (χ4v) is 4.72. The number of fused-ring (bicyclic) bond motifs is 2. The van der Waals surface area contributed by atoms with E-state index in [0.717, 1.165) is 16.9 Å². The van der Waals surface area contributed by atoms with Crippen LogP contribution < -0.4 is 14.9 Å². The van der Waals surface area contributed by atoms with Crippen molar-refractivity contribution >= 4 is 28.5 Å². The summed E-state index contributed by atoms with van der Waals surface area (Å²) in [6.45, 7) is 2.82. The Morgan fingerprint density at radius 3 is 2.54 bits per heavy atom. The van der Waals surface area contributed by atoms with Gasteiger partial charge in [0.1, 0.15) is 17.1 Å². The van der Waals surface area contributed by atoms with Gasteiger partial charge in [-0.3, -0.25) is 9.59 Å². The van der Waals surface area contributed by atoms with Crippen molar-refractivity contribution in [2.45, 2.75) is 19.4 Å². The Bertz CT molecular complexity index is 1460. The van der Waals surface area contributed by atoms with E-state index in [1.165, 1.54) is 0 Å². The van der Waals surface area contributed by atoms with Gasteiger partial charge < -0.3 is 18.8 Å². The number of hydrogen-bond acceptors (Lipinski definition) is 5. The molecule has 0 radical (unpaired) electrons. The number of nitrogens with zero attached hydrogens (tertiary/aromatic N) is 1. The van der Waals surface area contributed by atoms with Crippen LogP contribution in [-0.2, 0) is 6.42 Å². The highest BCUT2D eigenvalue weighted by molar-refractivity contribution is 6.31. The summed E-state index contributed by atoms with van der Waals surface area (Å²) in [6.07, 6.45) is 0.602. The molecule has 1 aliphatic heterocycles. The highest BCUT2D eigenvalue weighted by Crippen LogP contribution is 2.39. The van der Waals surface area contributed by atoms with E-state index in [1.807, 2.05) is 55.5 Å². The Kier molecular flexibility index (Phi) is 6.22. The van der Waals surface area contributed by atoms with Gasteiger partial charge in [0.25, 0.3) is 5.91 Å². The molecule has 0 aliphatic carbocycles. The molecule has 7 heteroatoms. The first-order valence-electron chi connectivity index (χ1n) is 11.4. The average molecular weight is 490 g/mol. The maximum Gasteiger partial charge on any atom is 0.290 e. The van der Waals surface area contributed by atoms with Crippen molar-refractivity contribution in [3.05, 3.63) is 104 Å². The monoisotopic (exact) mass is 489 g/mol. The maximum absolute atomic E-state index is 13.7. The number of rotatable bonds is 7. The Labute approximate surface area is 207 Å². The van der Waals surface area contributed by atoms with E-state index in [9.17, 15) is 9.59 Å². The lowest BCUT2D eigenvalue weighted by molar-refractivity contribution is 0.0730. The van der Waals surface area contributed by atoms with Gasteiger partial charge in [0.2, 0.25) is 5.76 Å². The quantitative estimate of drug-likeness (QED) is 0.336. The number of carbonyl (C=O) groups is 1. The molecule has 1 amide bonds. The van der Waals surface area contributed by atoms with Gasteiger partial charge in [-0.2, -0.15) is 0 Å². The topological polar surface area (TPSA) is 69.0 Å². The van der Waals surface area contributed by atoms with E-state index >= 15 is 0 Å². The highest BCUT2D eigenvalue weighted by atomic mass is 35.5. The third-order valence-electron chi connectivity index (χ3n) is 6.21. The van der Waals surface area contributed by atoms with Crippen LogP contribution in [0, 0.1) is 0 Å². The zero-order valence-electron chi connectivity index (χ0n) is 19.4. The molecule has 35 heavy (non-hydrogen) atoms. The van der Waals surface area contributed by atoms with E-state index in [0.29, 0.717) is 46.9 Å². The molecule has 1 atom stereocenters. The zero-order chi connectivity index (χ0) is 24.5. The second-order valence-corrected chi connectivity index (χ2v) is 8.76. The average Bonchev–Trinajstić information content (AvgIpc) is 3.15. The number of halogens is 1. The molecule has 0 N–H and O–H groups in total. The van der Waals surface area contributed by atoms with Crippen LogP contribution in [0.3, 0.4) is 0 Å². The SMILES string of the molecule is CCOc1cccc(C2c3c(oc4ccc(Cl)cc4c3=O)C(=O)N2CCc2ccc(OC)cc2)c1. The summed E-state index contributed by atoms with van der Waals surface area (Å²) in [4.78, 5) is 29.0.